The fourth-order valence-corrected chi connectivity index (χ4v) is 0.910. The lowest BCUT2D eigenvalue weighted by Crippen LogP contribution is -2.18. The molecule has 4 nitrogen and oxygen atoms in total. The van der Waals surface area contributed by atoms with Gasteiger partial charge in [-0.2, -0.15) is 0 Å². The van der Waals surface area contributed by atoms with Gasteiger partial charge in [0, 0.05) is 0 Å². The van der Waals surface area contributed by atoms with E-state index in [1.807, 2.05) is 0 Å². The van der Waals surface area contributed by atoms with Gasteiger partial charge in [0.15, 0.2) is 5.44 Å². The van der Waals surface area contributed by atoms with Gasteiger partial charge in [-0.1, -0.05) is 18.7 Å². The molecule has 0 amide bonds. The van der Waals surface area contributed by atoms with Gasteiger partial charge >= 0.3 is 5.97 Å². The molecule has 0 heterocycles. The Kier molecular flexibility index (Phi) is 4.42. The number of carboxylic acid groups (broad SMARTS) is 1. The molecule has 0 radical (unpaired) electrons. The predicted molar refractivity (Wildman–Crippen MR) is 37.5 cm³/mol. The molecule has 5 heteroatoms. The van der Waals surface area contributed by atoms with Crippen LogP contribution in [0.2, 0.25) is 0 Å². The van der Waals surface area contributed by atoms with Gasteiger partial charge in [-0.05, 0) is 6.42 Å². The van der Waals surface area contributed by atoms with Crippen molar-refractivity contribution >= 4 is 17.7 Å². The number of hydrogen-bond donors (Lipinski definition) is 3. The Morgan fingerprint density at radius 3 is 2.40 bits per heavy atom. The van der Waals surface area contributed by atoms with Crippen molar-refractivity contribution in [3.05, 3.63) is 0 Å². The summed E-state index contributed by atoms with van der Waals surface area (Å²) in [4.78, 5) is 9.97. The first-order valence-electron chi connectivity index (χ1n) is 2.82. The first-order chi connectivity index (χ1) is 4.57. The first-order valence-corrected chi connectivity index (χ1v) is 3.76. The summed E-state index contributed by atoms with van der Waals surface area (Å²) < 4.78 is 0. The fraction of sp³-hybridized carbons (Fsp3) is 0.800. The van der Waals surface area contributed by atoms with Crippen molar-refractivity contribution in [3.63, 3.8) is 0 Å². The highest BCUT2D eigenvalue weighted by atomic mass is 32.2. The van der Waals surface area contributed by atoms with Crippen molar-refractivity contribution in [3.8, 4) is 0 Å². The molecule has 60 valence electrons. The Hall–Kier alpha value is -0.260. The number of rotatable bonds is 4. The predicted octanol–water partition coefficient (Wildman–Crippen LogP) is -0.149. The summed E-state index contributed by atoms with van der Waals surface area (Å²) in [5.74, 6) is -1.32. The molecular weight excluding hydrogens is 156 g/mol. The Morgan fingerprint density at radius 2 is 2.10 bits per heavy atom. The van der Waals surface area contributed by atoms with Crippen molar-refractivity contribution in [2.45, 2.75) is 24.2 Å². The van der Waals surface area contributed by atoms with Gasteiger partial charge in [-0.25, -0.2) is 4.79 Å². The number of carbonyl (C=O) groups is 1. The van der Waals surface area contributed by atoms with E-state index in [9.17, 15) is 4.79 Å². The van der Waals surface area contributed by atoms with E-state index in [4.69, 9.17) is 15.3 Å². The van der Waals surface area contributed by atoms with E-state index in [2.05, 4.69) is 0 Å². The molecule has 0 aliphatic heterocycles. The highest BCUT2D eigenvalue weighted by Crippen LogP contribution is 2.15. The van der Waals surface area contributed by atoms with Crippen molar-refractivity contribution < 1.29 is 20.1 Å². The minimum atomic E-state index is -1.52. The van der Waals surface area contributed by atoms with Crippen LogP contribution in [0.1, 0.15) is 13.3 Å². The summed E-state index contributed by atoms with van der Waals surface area (Å²) in [6.45, 7) is 1.70. The lowest BCUT2D eigenvalue weighted by Gasteiger charge is -2.08. The Labute approximate surface area is 62.9 Å². The lowest BCUT2D eigenvalue weighted by atomic mass is 10.5. The van der Waals surface area contributed by atoms with Gasteiger partial charge in [0.1, 0.15) is 5.44 Å². The van der Waals surface area contributed by atoms with Crippen LogP contribution in [0.15, 0.2) is 0 Å². The number of aliphatic hydroxyl groups excluding tert-OH is 2. The fourth-order valence-electron chi connectivity index (χ4n) is 0.303. The second-order valence-corrected chi connectivity index (χ2v) is 2.95. The number of thioether (sulfide) groups is 1. The summed E-state index contributed by atoms with van der Waals surface area (Å²) in [5.41, 5.74) is -2.32. The quantitative estimate of drug-likeness (QED) is 0.506. The van der Waals surface area contributed by atoms with Gasteiger partial charge < -0.3 is 15.3 Å². The largest absolute Gasteiger partial charge is 0.479 e. The Balaban J connectivity index is 3.56. The maximum absolute atomic E-state index is 9.97. The van der Waals surface area contributed by atoms with E-state index < -0.39 is 16.8 Å². The van der Waals surface area contributed by atoms with Crippen LogP contribution in [0.3, 0.4) is 0 Å². The maximum atomic E-state index is 9.97. The monoisotopic (exact) mass is 166 g/mol. The minimum absolute atomic E-state index is 0.426. The summed E-state index contributed by atoms with van der Waals surface area (Å²) >= 11 is 0.619. The molecule has 2 atom stereocenters. The number of aliphatic carboxylic acids is 1. The molecule has 0 saturated heterocycles. The molecular formula is C5H10O4S. The molecule has 0 saturated carbocycles. The van der Waals surface area contributed by atoms with Crippen molar-refractivity contribution in [1.29, 1.82) is 0 Å². The molecule has 3 N–H and O–H groups in total. The van der Waals surface area contributed by atoms with Crippen molar-refractivity contribution in [2.24, 2.45) is 0 Å². The first kappa shape index (κ1) is 9.74. The smallest absolute Gasteiger partial charge is 0.343 e. The van der Waals surface area contributed by atoms with Gasteiger partial charge in [-0.15, -0.1) is 0 Å². The summed E-state index contributed by atoms with van der Waals surface area (Å²) in [5, 5.41) is 25.6. The van der Waals surface area contributed by atoms with Crippen LogP contribution in [0.5, 0.6) is 0 Å². The molecule has 0 fully saturated rings. The van der Waals surface area contributed by atoms with Crippen LogP contribution < -0.4 is 0 Å². The average molecular weight is 166 g/mol. The van der Waals surface area contributed by atoms with E-state index in [-0.39, 0.29) is 0 Å². The third-order valence-corrected chi connectivity index (χ3v) is 1.95. The number of hydrogen-bond acceptors (Lipinski definition) is 4. The normalized spacial score (nSPS) is 16.3. The van der Waals surface area contributed by atoms with Gasteiger partial charge in [0.05, 0.1) is 0 Å². The third kappa shape index (κ3) is 3.71. The number of carboxylic acids is 1. The zero-order valence-electron chi connectivity index (χ0n) is 5.52. The minimum Gasteiger partial charge on any atom is -0.479 e. The van der Waals surface area contributed by atoms with Gasteiger partial charge in [0.2, 0.25) is 0 Å². The summed E-state index contributed by atoms with van der Waals surface area (Å²) in [6, 6.07) is 0. The van der Waals surface area contributed by atoms with Crippen molar-refractivity contribution in [2.75, 3.05) is 0 Å². The zero-order chi connectivity index (χ0) is 8.15. The van der Waals surface area contributed by atoms with Crippen LogP contribution in [0.25, 0.3) is 0 Å². The molecule has 0 spiro atoms. The molecule has 0 rings (SSSR count). The zero-order valence-corrected chi connectivity index (χ0v) is 6.34. The number of aliphatic hydroxyl groups is 2. The van der Waals surface area contributed by atoms with Crippen LogP contribution in [-0.2, 0) is 4.79 Å². The third-order valence-electron chi connectivity index (χ3n) is 0.846. The molecule has 0 aromatic carbocycles. The van der Waals surface area contributed by atoms with Gasteiger partial charge in [-0.3, -0.25) is 0 Å². The molecule has 0 aliphatic rings. The average Bonchev–Trinajstić information content (AvgIpc) is 1.87. The van der Waals surface area contributed by atoms with Crippen molar-refractivity contribution in [1.82, 2.24) is 0 Å². The Bertz CT molecular complexity index is 116. The van der Waals surface area contributed by atoms with Crippen LogP contribution in [0, 0.1) is 0 Å². The highest BCUT2D eigenvalue weighted by Gasteiger charge is 2.16. The standard InChI is InChI=1S/C5H10O4S/c1-2-3(6)10-5(9)4(7)8/h3,5-6,9H,2H2,1H3,(H,7,8). The van der Waals surface area contributed by atoms with E-state index in [1.54, 1.807) is 6.92 Å². The molecule has 0 aromatic heterocycles. The second kappa shape index (κ2) is 4.54. The molecule has 2 unspecified atom stereocenters. The topological polar surface area (TPSA) is 77.8 Å². The van der Waals surface area contributed by atoms with Crippen LogP contribution in [-0.4, -0.2) is 32.2 Å². The summed E-state index contributed by atoms with van der Waals surface area (Å²) in [6.07, 6.45) is 0.426. The van der Waals surface area contributed by atoms with E-state index in [0.717, 1.165) is 0 Å². The lowest BCUT2D eigenvalue weighted by molar-refractivity contribution is -0.142. The summed E-state index contributed by atoms with van der Waals surface area (Å²) in [7, 11) is 0. The molecule has 0 bridgehead atoms. The van der Waals surface area contributed by atoms with Gasteiger partial charge in [0.25, 0.3) is 0 Å². The van der Waals surface area contributed by atoms with E-state index in [1.165, 1.54) is 0 Å². The molecule has 0 aromatic rings. The second-order valence-electron chi connectivity index (χ2n) is 1.69. The van der Waals surface area contributed by atoms with Crippen LogP contribution >= 0.6 is 11.8 Å². The highest BCUT2D eigenvalue weighted by molar-refractivity contribution is 8.00. The maximum Gasteiger partial charge on any atom is 0.343 e. The molecule has 10 heavy (non-hydrogen) atoms. The SMILES string of the molecule is CCC(O)SC(O)C(=O)O. The van der Waals surface area contributed by atoms with E-state index in [0.29, 0.717) is 18.2 Å². The van der Waals surface area contributed by atoms with E-state index >= 15 is 0 Å². The molecule has 0 aliphatic carbocycles. The Morgan fingerprint density at radius 1 is 1.60 bits per heavy atom. The van der Waals surface area contributed by atoms with Crippen LogP contribution in [0.4, 0.5) is 0 Å².